The van der Waals surface area contributed by atoms with Gasteiger partial charge in [-0.05, 0) is 36.6 Å². The highest BCUT2D eigenvalue weighted by molar-refractivity contribution is 7.07. The van der Waals surface area contributed by atoms with E-state index in [2.05, 4.69) is 10.6 Å². The molecule has 0 aliphatic carbocycles. The quantitative estimate of drug-likeness (QED) is 0.882. The third kappa shape index (κ3) is 3.70. The molecular weight excluding hydrogens is 333 g/mol. The summed E-state index contributed by atoms with van der Waals surface area (Å²) in [5, 5.41) is 7.02. The van der Waals surface area contributed by atoms with Gasteiger partial charge < -0.3 is 15.2 Å². The van der Waals surface area contributed by atoms with Gasteiger partial charge in [-0.15, -0.1) is 0 Å². The van der Waals surface area contributed by atoms with Crippen LogP contribution < -0.4 is 15.5 Å². The Bertz CT molecular complexity index is 830. The number of amides is 2. The maximum atomic E-state index is 13.6. The lowest BCUT2D eigenvalue weighted by Crippen LogP contribution is -2.46. The van der Waals surface area contributed by atoms with Gasteiger partial charge in [-0.3, -0.25) is 14.4 Å². The number of carbonyl (C=O) groups excluding carboxylic acids is 2. The van der Waals surface area contributed by atoms with Crippen molar-refractivity contribution in [1.82, 2.24) is 9.88 Å². The molecule has 24 heavy (non-hydrogen) atoms. The molecule has 1 aliphatic heterocycles. The number of nitrogens with zero attached hydrogens (tertiary/aromatic N) is 1. The van der Waals surface area contributed by atoms with E-state index in [1.165, 1.54) is 22.8 Å². The lowest BCUT2D eigenvalue weighted by Gasteiger charge is -2.23. The first-order chi connectivity index (χ1) is 11.5. The molecule has 1 atom stereocenters. The van der Waals surface area contributed by atoms with Crippen molar-refractivity contribution in [3.63, 3.8) is 0 Å². The topological polar surface area (TPSA) is 80.2 Å². The molecule has 8 heteroatoms. The van der Waals surface area contributed by atoms with Crippen molar-refractivity contribution in [1.29, 1.82) is 0 Å². The Kier molecular flexibility index (Phi) is 4.75. The molecule has 2 heterocycles. The Hall–Kier alpha value is -2.48. The second-order valence-electron chi connectivity index (χ2n) is 5.60. The zero-order valence-corrected chi connectivity index (χ0v) is 13.6. The number of anilines is 1. The molecule has 1 unspecified atom stereocenters. The molecule has 1 fully saturated rings. The molecule has 2 amide bonds. The molecule has 1 aromatic heterocycles. The Morgan fingerprint density at radius 2 is 2.25 bits per heavy atom. The Morgan fingerprint density at radius 1 is 1.42 bits per heavy atom. The van der Waals surface area contributed by atoms with Crippen molar-refractivity contribution in [2.24, 2.45) is 0 Å². The summed E-state index contributed by atoms with van der Waals surface area (Å²) in [5.41, 5.74) is 0.922. The summed E-state index contributed by atoms with van der Waals surface area (Å²) in [6.45, 7) is 0.159. The van der Waals surface area contributed by atoms with Gasteiger partial charge in [0.25, 0.3) is 0 Å². The van der Waals surface area contributed by atoms with Gasteiger partial charge in [-0.25, -0.2) is 4.39 Å². The first-order valence-electron chi connectivity index (χ1n) is 7.55. The van der Waals surface area contributed by atoms with Gasteiger partial charge in [0, 0.05) is 23.7 Å². The molecule has 0 bridgehead atoms. The van der Waals surface area contributed by atoms with Crippen LogP contribution in [0.25, 0.3) is 0 Å². The number of aromatic nitrogens is 1. The van der Waals surface area contributed by atoms with Crippen LogP contribution in [0, 0.1) is 5.82 Å². The van der Waals surface area contributed by atoms with E-state index in [4.69, 9.17) is 0 Å². The van der Waals surface area contributed by atoms with Crippen LogP contribution >= 0.6 is 11.3 Å². The highest BCUT2D eigenvalue weighted by atomic mass is 32.1. The number of thiazole rings is 1. The largest absolute Gasteiger partial charge is 0.344 e. The lowest BCUT2D eigenvalue weighted by molar-refractivity contribution is -0.128. The fourth-order valence-electron chi connectivity index (χ4n) is 2.63. The van der Waals surface area contributed by atoms with Crippen LogP contribution in [-0.2, 0) is 16.1 Å². The molecule has 1 aliphatic rings. The molecule has 1 aromatic carbocycles. The van der Waals surface area contributed by atoms with Crippen LogP contribution in [0.5, 0.6) is 0 Å². The van der Waals surface area contributed by atoms with E-state index >= 15 is 0 Å². The maximum Gasteiger partial charge on any atom is 0.307 e. The molecule has 2 N–H and O–H groups in total. The fraction of sp³-hybridized carbons (Fsp3) is 0.312. The van der Waals surface area contributed by atoms with E-state index in [-0.39, 0.29) is 23.2 Å². The number of hydrogen-bond acceptors (Lipinski definition) is 4. The zero-order chi connectivity index (χ0) is 17.1. The molecule has 1 saturated heterocycles. The van der Waals surface area contributed by atoms with E-state index in [0.29, 0.717) is 30.5 Å². The van der Waals surface area contributed by atoms with Crippen LogP contribution in [0.3, 0.4) is 0 Å². The van der Waals surface area contributed by atoms with Crippen molar-refractivity contribution >= 4 is 28.8 Å². The Labute approximate surface area is 141 Å². The van der Waals surface area contributed by atoms with Crippen LogP contribution in [-0.4, -0.2) is 22.4 Å². The van der Waals surface area contributed by atoms with E-state index in [1.54, 1.807) is 11.6 Å². The predicted molar refractivity (Wildman–Crippen MR) is 88.5 cm³/mol. The van der Waals surface area contributed by atoms with Gasteiger partial charge >= 0.3 is 4.87 Å². The van der Waals surface area contributed by atoms with Gasteiger partial charge in [0.05, 0.1) is 6.54 Å². The lowest BCUT2D eigenvalue weighted by atomic mass is 10.0. The summed E-state index contributed by atoms with van der Waals surface area (Å²) in [4.78, 5) is 35.3. The number of carbonyl (C=O) groups is 2. The minimum Gasteiger partial charge on any atom is -0.344 e. The standard InChI is InChI=1S/C16H16FN3O3S/c17-11-4-5-12(10(8-11)9-20-6-7-24-16(20)23)19-15(22)13-2-1-3-14(21)18-13/h4-8,13H,1-3,9H2,(H,18,21)(H,19,22). The zero-order valence-electron chi connectivity index (χ0n) is 12.8. The number of nitrogens with one attached hydrogen (secondary N) is 2. The van der Waals surface area contributed by atoms with Crippen molar-refractivity contribution in [2.75, 3.05) is 5.32 Å². The second-order valence-corrected chi connectivity index (χ2v) is 6.46. The van der Waals surface area contributed by atoms with E-state index in [1.807, 2.05) is 0 Å². The van der Waals surface area contributed by atoms with E-state index in [9.17, 15) is 18.8 Å². The summed E-state index contributed by atoms with van der Waals surface area (Å²) in [6.07, 6.45) is 3.26. The van der Waals surface area contributed by atoms with Gasteiger partial charge in [0.15, 0.2) is 0 Å². The summed E-state index contributed by atoms with van der Waals surface area (Å²) < 4.78 is 15.0. The normalized spacial score (nSPS) is 17.4. The smallest absolute Gasteiger partial charge is 0.307 e. The SMILES string of the molecule is O=C1CCCC(C(=O)Nc2ccc(F)cc2Cn2ccsc2=O)N1. The maximum absolute atomic E-state index is 13.6. The van der Waals surface area contributed by atoms with Crippen LogP contribution in [0.4, 0.5) is 10.1 Å². The van der Waals surface area contributed by atoms with Gasteiger partial charge in [-0.1, -0.05) is 11.3 Å². The van der Waals surface area contributed by atoms with E-state index < -0.39 is 11.9 Å². The van der Waals surface area contributed by atoms with Gasteiger partial charge in [0.1, 0.15) is 11.9 Å². The minimum absolute atomic E-state index is 0.148. The number of benzene rings is 1. The number of hydrogen-bond donors (Lipinski definition) is 2. The molecule has 0 radical (unpaired) electrons. The average molecular weight is 349 g/mol. The van der Waals surface area contributed by atoms with Crippen molar-refractivity contribution in [3.8, 4) is 0 Å². The Balaban J connectivity index is 1.80. The van der Waals surface area contributed by atoms with Crippen LogP contribution in [0.2, 0.25) is 0 Å². The summed E-state index contributed by atoms with van der Waals surface area (Å²) >= 11 is 1.05. The van der Waals surface area contributed by atoms with Gasteiger partial charge in [0.2, 0.25) is 11.8 Å². The fourth-order valence-corrected chi connectivity index (χ4v) is 3.21. The second kappa shape index (κ2) is 6.96. The predicted octanol–water partition coefficient (Wildman–Crippen LogP) is 1.70. The summed E-state index contributed by atoms with van der Waals surface area (Å²) in [5.74, 6) is -0.934. The molecule has 0 saturated carbocycles. The highest BCUT2D eigenvalue weighted by Gasteiger charge is 2.25. The first-order valence-corrected chi connectivity index (χ1v) is 8.43. The molecule has 0 spiro atoms. The van der Waals surface area contributed by atoms with Crippen LogP contribution in [0.1, 0.15) is 24.8 Å². The Morgan fingerprint density at radius 3 is 2.96 bits per heavy atom. The number of halogens is 1. The number of piperidine rings is 1. The van der Waals surface area contributed by atoms with Crippen molar-refractivity contribution in [3.05, 3.63) is 50.8 Å². The third-order valence-electron chi connectivity index (χ3n) is 3.86. The molecule has 2 aromatic rings. The molecule has 126 valence electrons. The molecular formula is C16H16FN3O3S. The third-order valence-corrected chi connectivity index (χ3v) is 4.55. The first kappa shape index (κ1) is 16.4. The van der Waals surface area contributed by atoms with Crippen molar-refractivity contribution < 1.29 is 14.0 Å². The highest BCUT2D eigenvalue weighted by Crippen LogP contribution is 2.19. The minimum atomic E-state index is -0.590. The average Bonchev–Trinajstić information content (AvgIpc) is 2.95. The molecule has 3 rings (SSSR count). The molecule has 6 nitrogen and oxygen atoms in total. The summed E-state index contributed by atoms with van der Waals surface area (Å²) in [6, 6.07) is 3.41. The van der Waals surface area contributed by atoms with Crippen LogP contribution in [0.15, 0.2) is 34.6 Å². The van der Waals surface area contributed by atoms with Crippen molar-refractivity contribution in [2.45, 2.75) is 31.8 Å². The summed E-state index contributed by atoms with van der Waals surface area (Å²) in [7, 11) is 0. The van der Waals surface area contributed by atoms with E-state index in [0.717, 1.165) is 11.3 Å². The monoisotopic (exact) mass is 349 g/mol. The van der Waals surface area contributed by atoms with Gasteiger partial charge in [-0.2, -0.15) is 0 Å². The number of rotatable bonds is 4.